The van der Waals surface area contributed by atoms with E-state index in [1.165, 1.54) is 19.7 Å². The molecule has 4 nitrogen and oxygen atoms in total. The Morgan fingerprint density at radius 3 is 2.71 bits per heavy atom. The molecule has 0 radical (unpaired) electrons. The number of methoxy groups -OCH3 is 1. The molecule has 0 saturated heterocycles. The largest absolute Gasteiger partial charge is 0.465 e. The molecule has 1 fully saturated rings. The summed E-state index contributed by atoms with van der Waals surface area (Å²) < 4.78 is 10.7. The fourth-order valence-corrected chi connectivity index (χ4v) is 3.34. The van der Waals surface area contributed by atoms with Gasteiger partial charge in [0.2, 0.25) is 0 Å². The van der Waals surface area contributed by atoms with Crippen molar-refractivity contribution in [1.82, 2.24) is 4.98 Å². The number of hydrogen-bond acceptors (Lipinski definition) is 4. The van der Waals surface area contributed by atoms with Gasteiger partial charge in [-0.15, -0.1) is 0 Å². The highest BCUT2D eigenvalue weighted by Gasteiger charge is 2.32. The summed E-state index contributed by atoms with van der Waals surface area (Å²) >= 11 is 0. The fourth-order valence-electron chi connectivity index (χ4n) is 3.34. The number of aromatic nitrogens is 1. The molecule has 1 heterocycles. The van der Waals surface area contributed by atoms with Gasteiger partial charge in [-0.25, -0.2) is 4.79 Å². The van der Waals surface area contributed by atoms with Crippen LogP contribution in [-0.4, -0.2) is 24.2 Å². The summed E-state index contributed by atoms with van der Waals surface area (Å²) in [6.45, 7) is 7.40. The lowest BCUT2D eigenvalue weighted by Gasteiger charge is -2.38. The molecule has 0 spiro atoms. The number of carbonyl (C=O) groups is 1. The Labute approximate surface area is 126 Å². The molecular weight excluding hydrogens is 266 g/mol. The van der Waals surface area contributed by atoms with Crippen molar-refractivity contribution in [2.45, 2.75) is 52.7 Å². The zero-order chi connectivity index (χ0) is 15.5. The predicted octanol–water partition coefficient (Wildman–Crippen LogP) is 3.60. The molecule has 1 aromatic rings. The minimum Gasteiger partial charge on any atom is -0.465 e. The summed E-state index contributed by atoms with van der Waals surface area (Å²) in [6, 6.07) is 3.55. The highest BCUT2D eigenvalue weighted by atomic mass is 16.5. The van der Waals surface area contributed by atoms with Crippen molar-refractivity contribution < 1.29 is 14.3 Å². The van der Waals surface area contributed by atoms with Gasteiger partial charge in [-0.2, -0.15) is 0 Å². The summed E-state index contributed by atoms with van der Waals surface area (Å²) in [5, 5.41) is 0. The zero-order valence-electron chi connectivity index (χ0n) is 13.4. The maximum Gasteiger partial charge on any atom is 0.339 e. The molecule has 116 valence electrons. The molecule has 2 rings (SSSR count). The Kier molecular flexibility index (Phi) is 4.99. The average molecular weight is 291 g/mol. The van der Waals surface area contributed by atoms with E-state index in [9.17, 15) is 4.79 Å². The third-order valence-corrected chi connectivity index (χ3v) is 4.06. The van der Waals surface area contributed by atoms with Crippen LogP contribution in [0.2, 0.25) is 0 Å². The van der Waals surface area contributed by atoms with E-state index in [0.29, 0.717) is 29.6 Å². The SMILES string of the molecule is COC(=O)c1ccc(COC2CC(C)CC(C)(C)C2)nc1. The van der Waals surface area contributed by atoms with Crippen LogP contribution in [-0.2, 0) is 16.1 Å². The van der Waals surface area contributed by atoms with E-state index in [2.05, 4.69) is 30.5 Å². The highest BCUT2D eigenvalue weighted by Crippen LogP contribution is 2.39. The monoisotopic (exact) mass is 291 g/mol. The van der Waals surface area contributed by atoms with Crippen LogP contribution in [0.15, 0.2) is 18.3 Å². The molecule has 1 saturated carbocycles. The van der Waals surface area contributed by atoms with Gasteiger partial charge in [0.1, 0.15) is 0 Å². The second-order valence-corrected chi connectivity index (χ2v) is 6.88. The van der Waals surface area contributed by atoms with Crippen LogP contribution < -0.4 is 0 Å². The molecule has 0 aromatic carbocycles. The Bertz CT molecular complexity index is 481. The van der Waals surface area contributed by atoms with E-state index in [1.807, 2.05) is 6.07 Å². The lowest BCUT2D eigenvalue weighted by atomic mass is 9.71. The van der Waals surface area contributed by atoms with Crippen molar-refractivity contribution in [2.24, 2.45) is 11.3 Å². The first-order valence-corrected chi connectivity index (χ1v) is 7.54. The van der Waals surface area contributed by atoms with Crippen LogP contribution in [0.5, 0.6) is 0 Å². The van der Waals surface area contributed by atoms with Gasteiger partial charge >= 0.3 is 5.97 Å². The standard InChI is InChI=1S/C17H25NO3/c1-12-7-15(9-17(2,3)8-12)21-11-14-6-5-13(10-18-14)16(19)20-4/h5-6,10,12,15H,7-9,11H2,1-4H3. The van der Waals surface area contributed by atoms with Crippen LogP contribution in [0.3, 0.4) is 0 Å². The summed E-state index contributed by atoms with van der Waals surface area (Å²) in [5.74, 6) is 0.339. The molecule has 2 unspecified atom stereocenters. The maximum atomic E-state index is 11.3. The molecule has 21 heavy (non-hydrogen) atoms. The number of pyridine rings is 1. The van der Waals surface area contributed by atoms with E-state index in [-0.39, 0.29) is 5.97 Å². The van der Waals surface area contributed by atoms with E-state index >= 15 is 0 Å². The molecule has 1 aliphatic rings. The number of ether oxygens (including phenoxy) is 2. The summed E-state index contributed by atoms with van der Waals surface area (Å²) in [6.07, 6.45) is 5.31. The van der Waals surface area contributed by atoms with Crippen molar-refractivity contribution in [3.8, 4) is 0 Å². The van der Waals surface area contributed by atoms with Crippen LogP contribution in [0.4, 0.5) is 0 Å². The van der Waals surface area contributed by atoms with E-state index in [4.69, 9.17) is 4.74 Å². The molecule has 2 atom stereocenters. The summed E-state index contributed by atoms with van der Waals surface area (Å²) in [4.78, 5) is 15.6. The van der Waals surface area contributed by atoms with Gasteiger partial charge < -0.3 is 9.47 Å². The third kappa shape index (κ3) is 4.53. The number of rotatable bonds is 4. The fraction of sp³-hybridized carbons (Fsp3) is 0.647. The third-order valence-electron chi connectivity index (χ3n) is 4.06. The molecule has 0 bridgehead atoms. The zero-order valence-corrected chi connectivity index (χ0v) is 13.4. The van der Waals surface area contributed by atoms with Gasteiger partial charge in [-0.05, 0) is 42.7 Å². The normalized spacial score (nSPS) is 24.6. The Balaban J connectivity index is 1.89. The molecular formula is C17H25NO3. The van der Waals surface area contributed by atoms with Crippen LogP contribution >= 0.6 is 0 Å². The molecule has 0 N–H and O–H groups in total. The molecule has 0 aliphatic heterocycles. The first kappa shape index (κ1) is 16.0. The lowest BCUT2D eigenvalue weighted by Crippen LogP contribution is -2.32. The number of esters is 1. The predicted molar refractivity (Wildman–Crippen MR) is 80.9 cm³/mol. The van der Waals surface area contributed by atoms with Crippen LogP contribution in [0.1, 0.15) is 56.1 Å². The van der Waals surface area contributed by atoms with Gasteiger partial charge in [0.15, 0.2) is 0 Å². The minimum absolute atomic E-state index is 0.297. The molecule has 1 aliphatic carbocycles. The summed E-state index contributed by atoms with van der Waals surface area (Å²) in [7, 11) is 1.37. The minimum atomic E-state index is -0.363. The van der Waals surface area contributed by atoms with Crippen LogP contribution in [0.25, 0.3) is 0 Å². The average Bonchev–Trinajstić information content (AvgIpc) is 2.43. The summed E-state index contributed by atoms with van der Waals surface area (Å²) in [5.41, 5.74) is 1.66. The first-order valence-electron chi connectivity index (χ1n) is 7.54. The Hall–Kier alpha value is -1.42. The highest BCUT2D eigenvalue weighted by molar-refractivity contribution is 5.88. The second kappa shape index (κ2) is 6.56. The van der Waals surface area contributed by atoms with Crippen molar-refractivity contribution in [3.05, 3.63) is 29.6 Å². The smallest absolute Gasteiger partial charge is 0.339 e. The number of carbonyl (C=O) groups excluding carboxylic acids is 1. The second-order valence-electron chi connectivity index (χ2n) is 6.88. The van der Waals surface area contributed by atoms with Crippen molar-refractivity contribution >= 4 is 5.97 Å². The van der Waals surface area contributed by atoms with Crippen molar-refractivity contribution in [3.63, 3.8) is 0 Å². The van der Waals surface area contributed by atoms with E-state index in [1.54, 1.807) is 6.07 Å². The number of hydrogen-bond donors (Lipinski definition) is 0. The van der Waals surface area contributed by atoms with Gasteiger partial charge in [0, 0.05) is 6.20 Å². The van der Waals surface area contributed by atoms with Crippen LogP contribution in [0, 0.1) is 11.3 Å². The quantitative estimate of drug-likeness (QED) is 0.795. The maximum absolute atomic E-state index is 11.3. The molecule has 1 aromatic heterocycles. The number of nitrogens with zero attached hydrogens (tertiary/aromatic N) is 1. The van der Waals surface area contributed by atoms with E-state index < -0.39 is 0 Å². The van der Waals surface area contributed by atoms with Gasteiger partial charge in [-0.3, -0.25) is 4.98 Å². The van der Waals surface area contributed by atoms with E-state index in [0.717, 1.165) is 18.5 Å². The lowest BCUT2D eigenvalue weighted by molar-refractivity contribution is -0.0327. The molecule has 4 heteroatoms. The van der Waals surface area contributed by atoms with Gasteiger partial charge in [0.05, 0.1) is 31.1 Å². The first-order chi connectivity index (χ1) is 9.89. The Morgan fingerprint density at radius 2 is 2.14 bits per heavy atom. The van der Waals surface area contributed by atoms with Gasteiger partial charge in [-0.1, -0.05) is 20.8 Å². The van der Waals surface area contributed by atoms with Crippen molar-refractivity contribution in [2.75, 3.05) is 7.11 Å². The van der Waals surface area contributed by atoms with Crippen molar-refractivity contribution in [1.29, 1.82) is 0 Å². The Morgan fingerprint density at radius 1 is 1.38 bits per heavy atom. The molecule has 0 amide bonds. The van der Waals surface area contributed by atoms with Gasteiger partial charge in [0.25, 0.3) is 0 Å². The topological polar surface area (TPSA) is 48.4 Å².